The molecule has 0 aliphatic carbocycles. The molecule has 0 radical (unpaired) electrons. The van der Waals surface area contributed by atoms with Crippen molar-refractivity contribution in [2.45, 2.75) is 0 Å². The zero-order chi connectivity index (χ0) is 14.6. The van der Waals surface area contributed by atoms with E-state index in [2.05, 4.69) is 10.2 Å². The molecule has 21 heavy (non-hydrogen) atoms. The fourth-order valence-corrected chi connectivity index (χ4v) is 2.79. The molecule has 0 bridgehead atoms. The van der Waals surface area contributed by atoms with Gasteiger partial charge in [0.2, 0.25) is 0 Å². The van der Waals surface area contributed by atoms with Crippen molar-refractivity contribution in [3.8, 4) is 0 Å². The standard InChI is InChI=1S/C15H8ClN3O2/c16-11-5-8-7-17-18-12(8)6-13(11)19-14(20)9-3-1-2-4-10(9)15(19)21/h1-7H,(H,17,18). The number of rotatable bonds is 1. The summed E-state index contributed by atoms with van der Waals surface area (Å²) in [6, 6.07) is 10.1. The van der Waals surface area contributed by atoms with Crippen molar-refractivity contribution in [1.29, 1.82) is 0 Å². The lowest BCUT2D eigenvalue weighted by atomic mass is 10.1. The number of amides is 2. The lowest BCUT2D eigenvalue weighted by Crippen LogP contribution is -2.29. The Morgan fingerprint density at radius 1 is 1.05 bits per heavy atom. The Kier molecular flexibility index (Phi) is 2.40. The quantitative estimate of drug-likeness (QED) is 0.702. The molecular formula is C15H8ClN3O2. The predicted molar refractivity (Wildman–Crippen MR) is 78.7 cm³/mol. The summed E-state index contributed by atoms with van der Waals surface area (Å²) in [5, 5.41) is 7.87. The van der Waals surface area contributed by atoms with E-state index in [1.807, 2.05) is 0 Å². The van der Waals surface area contributed by atoms with E-state index in [4.69, 9.17) is 11.6 Å². The number of hydrogen-bond donors (Lipinski definition) is 1. The van der Waals surface area contributed by atoms with E-state index in [0.29, 0.717) is 27.4 Å². The van der Waals surface area contributed by atoms with Crippen LogP contribution in [0.2, 0.25) is 5.02 Å². The number of aromatic nitrogens is 2. The second-order valence-electron chi connectivity index (χ2n) is 4.75. The van der Waals surface area contributed by atoms with Crippen molar-refractivity contribution < 1.29 is 9.59 Å². The van der Waals surface area contributed by atoms with Gasteiger partial charge in [-0.05, 0) is 24.3 Å². The molecule has 5 nitrogen and oxygen atoms in total. The van der Waals surface area contributed by atoms with Crippen molar-refractivity contribution >= 4 is 40.0 Å². The van der Waals surface area contributed by atoms with E-state index < -0.39 is 0 Å². The second kappa shape index (κ2) is 4.17. The average Bonchev–Trinajstić information content (AvgIpc) is 3.03. The van der Waals surface area contributed by atoms with Gasteiger partial charge in [0.05, 0.1) is 33.6 Å². The van der Waals surface area contributed by atoms with Gasteiger partial charge in [-0.3, -0.25) is 14.7 Å². The third-order valence-electron chi connectivity index (χ3n) is 3.54. The predicted octanol–water partition coefficient (Wildman–Crippen LogP) is 3.02. The number of hydrogen-bond acceptors (Lipinski definition) is 3. The molecule has 6 heteroatoms. The van der Waals surface area contributed by atoms with Gasteiger partial charge >= 0.3 is 0 Å². The van der Waals surface area contributed by atoms with Gasteiger partial charge in [-0.2, -0.15) is 5.10 Å². The highest BCUT2D eigenvalue weighted by Crippen LogP contribution is 2.35. The smallest absolute Gasteiger partial charge is 0.266 e. The largest absolute Gasteiger partial charge is 0.278 e. The van der Waals surface area contributed by atoms with Crippen LogP contribution in [-0.2, 0) is 0 Å². The summed E-state index contributed by atoms with van der Waals surface area (Å²) < 4.78 is 0. The average molecular weight is 298 g/mol. The van der Waals surface area contributed by atoms with Crippen LogP contribution in [0.25, 0.3) is 10.9 Å². The molecule has 3 aromatic rings. The first-order valence-electron chi connectivity index (χ1n) is 6.27. The van der Waals surface area contributed by atoms with Gasteiger partial charge in [-0.25, -0.2) is 4.90 Å². The Balaban J connectivity index is 1.92. The van der Waals surface area contributed by atoms with Gasteiger partial charge in [0.15, 0.2) is 0 Å². The van der Waals surface area contributed by atoms with Crippen LogP contribution < -0.4 is 4.90 Å². The molecule has 1 aliphatic rings. The number of H-pyrrole nitrogens is 1. The zero-order valence-corrected chi connectivity index (χ0v) is 11.4. The molecule has 2 heterocycles. The molecule has 0 saturated carbocycles. The second-order valence-corrected chi connectivity index (χ2v) is 5.16. The topological polar surface area (TPSA) is 66.1 Å². The highest BCUT2D eigenvalue weighted by molar-refractivity contribution is 6.40. The number of benzene rings is 2. The maximum atomic E-state index is 12.5. The van der Waals surface area contributed by atoms with Gasteiger partial charge in [0, 0.05) is 5.39 Å². The molecule has 4 rings (SSSR count). The van der Waals surface area contributed by atoms with E-state index in [9.17, 15) is 9.59 Å². The number of carbonyl (C=O) groups excluding carboxylic acids is 2. The number of carbonyl (C=O) groups is 2. The Morgan fingerprint density at radius 2 is 1.71 bits per heavy atom. The molecule has 0 fully saturated rings. The maximum Gasteiger partial charge on any atom is 0.266 e. The third kappa shape index (κ3) is 1.61. The van der Waals surface area contributed by atoms with Gasteiger partial charge in [0.1, 0.15) is 0 Å². The van der Waals surface area contributed by atoms with Crippen LogP contribution in [0.15, 0.2) is 42.6 Å². The lowest BCUT2D eigenvalue weighted by molar-refractivity contribution is 0.0926. The molecule has 2 aromatic carbocycles. The minimum Gasteiger partial charge on any atom is -0.278 e. The van der Waals surface area contributed by atoms with E-state index in [-0.39, 0.29) is 11.8 Å². The van der Waals surface area contributed by atoms with Crippen LogP contribution in [0.1, 0.15) is 20.7 Å². The van der Waals surface area contributed by atoms with E-state index in [1.165, 1.54) is 0 Å². The summed E-state index contributed by atoms with van der Waals surface area (Å²) in [6.07, 6.45) is 1.63. The first kappa shape index (κ1) is 12.1. The summed E-state index contributed by atoms with van der Waals surface area (Å²) in [6.45, 7) is 0. The van der Waals surface area contributed by atoms with Crippen molar-refractivity contribution in [2.75, 3.05) is 4.90 Å². The van der Waals surface area contributed by atoms with Crippen LogP contribution in [-0.4, -0.2) is 22.0 Å². The van der Waals surface area contributed by atoms with Crippen LogP contribution in [0, 0.1) is 0 Å². The summed E-state index contributed by atoms with van der Waals surface area (Å²) in [7, 11) is 0. The van der Waals surface area contributed by atoms with Crippen molar-refractivity contribution in [3.05, 3.63) is 58.7 Å². The summed E-state index contributed by atoms with van der Waals surface area (Å²) in [4.78, 5) is 26.0. The Bertz CT molecular complexity index is 881. The number of anilines is 1. The molecule has 0 saturated heterocycles. The Labute approximate surface area is 124 Å². The number of imide groups is 1. The summed E-state index contributed by atoms with van der Waals surface area (Å²) in [5.74, 6) is -0.729. The highest BCUT2D eigenvalue weighted by atomic mass is 35.5. The highest BCUT2D eigenvalue weighted by Gasteiger charge is 2.37. The first-order valence-corrected chi connectivity index (χ1v) is 6.65. The fourth-order valence-electron chi connectivity index (χ4n) is 2.53. The number of aromatic amines is 1. The van der Waals surface area contributed by atoms with Crippen LogP contribution in [0.4, 0.5) is 5.69 Å². The van der Waals surface area contributed by atoms with Gasteiger partial charge in [-0.15, -0.1) is 0 Å². The molecular weight excluding hydrogens is 290 g/mol. The minimum atomic E-state index is -0.364. The SMILES string of the molecule is O=C1c2ccccc2C(=O)N1c1cc2[nH]ncc2cc1Cl. The van der Waals surface area contributed by atoms with Crippen molar-refractivity contribution in [2.24, 2.45) is 0 Å². The van der Waals surface area contributed by atoms with Crippen LogP contribution in [0.3, 0.4) is 0 Å². The van der Waals surface area contributed by atoms with E-state index in [0.717, 1.165) is 10.3 Å². The first-order chi connectivity index (χ1) is 10.2. The molecule has 0 unspecified atom stereocenters. The summed E-state index contributed by atoms with van der Waals surface area (Å²) in [5.41, 5.74) is 1.86. The molecule has 0 spiro atoms. The van der Waals surface area contributed by atoms with Gasteiger partial charge < -0.3 is 0 Å². The molecule has 102 valence electrons. The Hall–Kier alpha value is -2.66. The normalized spacial score (nSPS) is 14.0. The Morgan fingerprint density at radius 3 is 2.38 bits per heavy atom. The van der Waals surface area contributed by atoms with Crippen LogP contribution in [0.5, 0.6) is 0 Å². The van der Waals surface area contributed by atoms with E-state index >= 15 is 0 Å². The van der Waals surface area contributed by atoms with E-state index in [1.54, 1.807) is 42.6 Å². The monoisotopic (exact) mass is 297 g/mol. The molecule has 0 atom stereocenters. The van der Waals surface area contributed by atoms with Crippen molar-refractivity contribution in [1.82, 2.24) is 10.2 Å². The number of nitrogens with zero attached hydrogens (tertiary/aromatic N) is 2. The minimum absolute atomic E-state index is 0.332. The molecule has 1 N–H and O–H groups in total. The van der Waals surface area contributed by atoms with Gasteiger partial charge in [0.25, 0.3) is 11.8 Å². The number of fused-ring (bicyclic) bond motifs is 2. The van der Waals surface area contributed by atoms with Crippen LogP contribution >= 0.6 is 11.6 Å². The maximum absolute atomic E-state index is 12.5. The molecule has 1 aromatic heterocycles. The number of nitrogens with one attached hydrogen (secondary N) is 1. The molecule has 2 amide bonds. The summed E-state index contributed by atoms with van der Waals surface area (Å²) >= 11 is 6.23. The molecule has 1 aliphatic heterocycles. The fraction of sp³-hybridized carbons (Fsp3) is 0. The zero-order valence-electron chi connectivity index (χ0n) is 10.6. The van der Waals surface area contributed by atoms with Gasteiger partial charge in [-0.1, -0.05) is 23.7 Å². The lowest BCUT2D eigenvalue weighted by Gasteiger charge is -2.15. The third-order valence-corrected chi connectivity index (χ3v) is 3.85. The van der Waals surface area contributed by atoms with Crippen molar-refractivity contribution in [3.63, 3.8) is 0 Å². The number of halogens is 1.